The topological polar surface area (TPSA) is 135 Å². The lowest BCUT2D eigenvalue weighted by Gasteiger charge is -2.18. The Labute approximate surface area is 208 Å². The molecule has 0 aliphatic heterocycles. The maximum Gasteiger partial charge on any atom is 0.340 e. The molecule has 0 fully saturated rings. The van der Waals surface area contributed by atoms with Crippen molar-refractivity contribution in [2.45, 2.75) is 40.2 Å². The number of aryl methyl sites for hydroxylation is 2. The van der Waals surface area contributed by atoms with Crippen LogP contribution >= 0.6 is 0 Å². The number of nitrogens with one attached hydrogen (secondary N) is 2. The summed E-state index contributed by atoms with van der Waals surface area (Å²) in [5.41, 5.74) is 2.88. The molecule has 0 saturated heterocycles. The van der Waals surface area contributed by atoms with Crippen molar-refractivity contribution in [3.8, 4) is 5.75 Å². The Morgan fingerprint density at radius 3 is 2.39 bits per heavy atom. The first-order chi connectivity index (χ1) is 17.1. The van der Waals surface area contributed by atoms with Gasteiger partial charge in [0.15, 0.2) is 6.61 Å². The van der Waals surface area contributed by atoms with Gasteiger partial charge in [-0.25, -0.2) is 9.59 Å². The first kappa shape index (κ1) is 26.5. The van der Waals surface area contributed by atoms with E-state index in [1.807, 2.05) is 44.2 Å². The average Bonchev–Trinajstić information content (AvgIpc) is 2.82. The molecule has 2 aromatic carbocycles. The van der Waals surface area contributed by atoms with Gasteiger partial charge in [-0.1, -0.05) is 44.2 Å². The number of carbonyl (C=O) groups excluding carboxylic acids is 2. The number of ether oxygens (including phenoxy) is 1. The fourth-order valence-electron chi connectivity index (χ4n) is 3.87. The summed E-state index contributed by atoms with van der Waals surface area (Å²) >= 11 is 0. The van der Waals surface area contributed by atoms with Crippen molar-refractivity contribution in [2.75, 3.05) is 13.2 Å². The number of hydrogen-bond donors (Lipinski definition) is 3. The predicted molar refractivity (Wildman–Crippen MR) is 134 cm³/mol. The molecule has 1 heterocycles. The Hall–Kier alpha value is -4.14. The number of aliphatic carboxylic acids is 1. The zero-order valence-corrected chi connectivity index (χ0v) is 20.7. The van der Waals surface area contributed by atoms with Gasteiger partial charge in [0.1, 0.15) is 17.4 Å². The van der Waals surface area contributed by atoms with E-state index in [2.05, 4.69) is 10.6 Å². The highest BCUT2D eigenvalue weighted by atomic mass is 16.5. The van der Waals surface area contributed by atoms with E-state index < -0.39 is 29.5 Å². The Balaban J connectivity index is 1.74. The van der Waals surface area contributed by atoms with Gasteiger partial charge in [-0.15, -0.1) is 0 Å². The zero-order chi connectivity index (χ0) is 26.4. The highest BCUT2D eigenvalue weighted by molar-refractivity contribution is 5.90. The number of hydrogen-bond acceptors (Lipinski definition) is 6. The molecule has 3 aromatic rings. The van der Waals surface area contributed by atoms with Crippen molar-refractivity contribution in [1.29, 1.82) is 0 Å². The van der Waals surface area contributed by atoms with Crippen LogP contribution in [0, 0.1) is 19.8 Å². The van der Waals surface area contributed by atoms with E-state index in [9.17, 15) is 24.3 Å². The number of fused-ring (bicyclic) bond motifs is 1. The van der Waals surface area contributed by atoms with Crippen LogP contribution in [-0.2, 0) is 20.8 Å². The third-order valence-electron chi connectivity index (χ3n) is 5.76. The van der Waals surface area contributed by atoms with Crippen LogP contribution in [0.25, 0.3) is 11.0 Å². The number of carbonyl (C=O) groups is 3. The van der Waals surface area contributed by atoms with Gasteiger partial charge in [-0.2, -0.15) is 0 Å². The molecule has 3 rings (SSSR count). The van der Waals surface area contributed by atoms with Crippen molar-refractivity contribution < 1.29 is 28.6 Å². The number of carboxylic acids is 1. The van der Waals surface area contributed by atoms with E-state index in [4.69, 9.17) is 9.15 Å². The predicted octanol–water partition coefficient (Wildman–Crippen LogP) is 2.72. The molecule has 9 nitrogen and oxygen atoms in total. The van der Waals surface area contributed by atoms with Gasteiger partial charge in [-0.05, 0) is 48.6 Å². The first-order valence-corrected chi connectivity index (χ1v) is 11.6. The molecule has 2 amide bonds. The van der Waals surface area contributed by atoms with Crippen molar-refractivity contribution in [3.63, 3.8) is 0 Å². The SMILES string of the molecule is Cc1cc(OCC(=O)NCC(=O)N[C@@H](C(=O)O)C(C)C)c2c(C)c(Cc3ccccc3)c(=O)oc2c1. The average molecular weight is 495 g/mol. The van der Waals surface area contributed by atoms with Gasteiger partial charge in [0, 0.05) is 12.0 Å². The summed E-state index contributed by atoms with van der Waals surface area (Å²) in [6.07, 6.45) is 0.390. The van der Waals surface area contributed by atoms with Gasteiger partial charge >= 0.3 is 11.6 Å². The van der Waals surface area contributed by atoms with Gasteiger partial charge in [0.25, 0.3) is 5.91 Å². The summed E-state index contributed by atoms with van der Waals surface area (Å²) in [5.74, 6) is -2.25. The van der Waals surface area contributed by atoms with Gasteiger partial charge in [0.05, 0.1) is 11.9 Å². The van der Waals surface area contributed by atoms with E-state index in [0.29, 0.717) is 34.3 Å². The van der Waals surface area contributed by atoms with E-state index in [1.54, 1.807) is 26.0 Å². The van der Waals surface area contributed by atoms with Gasteiger partial charge in [0.2, 0.25) is 5.91 Å². The molecular formula is C27H30N2O7. The fourth-order valence-corrected chi connectivity index (χ4v) is 3.87. The molecule has 0 bridgehead atoms. The minimum Gasteiger partial charge on any atom is -0.483 e. The monoisotopic (exact) mass is 494 g/mol. The molecule has 9 heteroatoms. The largest absolute Gasteiger partial charge is 0.483 e. The third-order valence-corrected chi connectivity index (χ3v) is 5.76. The molecule has 0 aliphatic rings. The number of rotatable bonds is 10. The molecule has 3 N–H and O–H groups in total. The summed E-state index contributed by atoms with van der Waals surface area (Å²) in [7, 11) is 0. The molecule has 0 aliphatic carbocycles. The number of amides is 2. The number of benzene rings is 2. The lowest BCUT2D eigenvalue weighted by Crippen LogP contribution is -2.48. The summed E-state index contributed by atoms with van der Waals surface area (Å²) in [4.78, 5) is 48.3. The van der Waals surface area contributed by atoms with Crippen LogP contribution < -0.4 is 21.0 Å². The quantitative estimate of drug-likeness (QED) is 0.369. The van der Waals surface area contributed by atoms with Crippen molar-refractivity contribution >= 4 is 28.8 Å². The summed E-state index contributed by atoms with van der Waals surface area (Å²) in [6.45, 7) is 6.21. The Bertz CT molecular complexity index is 1330. The van der Waals surface area contributed by atoms with Crippen molar-refractivity contribution in [1.82, 2.24) is 10.6 Å². The maximum atomic E-state index is 12.7. The van der Waals surface area contributed by atoms with Crippen molar-refractivity contribution in [2.24, 2.45) is 5.92 Å². The smallest absolute Gasteiger partial charge is 0.340 e. The molecular weight excluding hydrogens is 464 g/mol. The Morgan fingerprint density at radius 1 is 1.06 bits per heavy atom. The summed E-state index contributed by atoms with van der Waals surface area (Å²) in [6, 6.07) is 12.0. The van der Waals surface area contributed by atoms with Crippen LogP contribution in [0.2, 0.25) is 0 Å². The summed E-state index contributed by atoms with van der Waals surface area (Å²) in [5, 5.41) is 14.6. The molecule has 0 radical (unpaired) electrons. The van der Waals surface area contributed by atoms with E-state index in [1.165, 1.54) is 0 Å². The number of carboxylic acid groups (broad SMARTS) is 1. The first-order valence-electron chi connectivity index (χ1n) is 11.6. The zero-order valence-electron chi connectivity index (χ0n) is 20.7. The molecule has 36 heavy (non-hydrogen) atoms. The van der Waals surface area contributed by atoms with Crippen molar-refractivity contribution in [3.05, 3.63) is 75.1 Å². The molecule has 0 saturated carbocycles. The van der Waals surface area contributed by atoms with Crippen LogP contribution in [0.5, 0.6) is 5.75 Å². The van der Waals surface area contributed by atoms with Crippen LogP contribution in [0.15, 0.2) is 51.7 Å². The standard InChI is InChI=1S/C27H30N2O7/c1-15(2)25(26(32)33)29-22(30)13-28-23(31)14-35-20-10-16(3)11-21-24(20)17(4)19(27(34)36-21)12-18-8-6-5-7-9-18/h5-11,15,25H,12-14H2,1-4H3,(H,28,31)(H,29,30)(H,32,33)/t25-/m1/s1. The van der Waals surface area contributed by atoms with E-state index in [-0.39, 0.29) is 19.1 Å². The molecule has 0 spiro atoms. The third kappa shape index (κ3) is 6.50. The van der Waals surface area contributed by atoms with Crippen LogP contribution in [-0.4, -0.2) is 42.1 Å². The Kier molecular flexibility index (Phi) is 8.47. The minimum atomic E-state index is -1.15. The lowest BCUT2D eigenvalue weighted by molar-refractivity contribution is -0.143. The van der Waals surface area contributed by atoms with E-state index in [0.717, 1.165) is 11.1 Å². The molecule has 190 valence electrons. The summed E-state index contributed by atoms with van der Waals surface area (Å²) < 4.78 is 11.4. The second kappa shape index (κ2) is 11.5. The molecule has 0 unspecified atom stereocenters. The molecule has 1 atom stereocenters. The van der Waals surface area contributed by atoms with Crippen LogP contribution in [0.1, 0.15) is 36.1 Å². The van der Waals surface area contributed by atoms with Crippen LogP contribution in [0.4, 0.5) is 0 Å². The lowest BCUT2D eigenvalue weighted by atomic mass is 9.98. The highest BCUT2D eigenvalue weighted by Gasteiger charge is 2.23. The van der Waals surface area contributed by atoms with Gasteiger partial charge < -0.3 is 24.9 Å². The van der Waals surface area contributed by atoms with Crippen LogP contribution in [0.3, 0.4) is 0 Å². The normalized spacial score (nSPS) is 11.8. The van der Waals surface area contributed by atoms with Gasteiger partial charge in [-0.3, -0.25) is 9.59 Å². The Morgan fingerprint density at radius 2 is 1.75 bits per heavy atom. The van der Waals surface area contributed by atoms with E-state index >= 15 is 0 Å². The molecule has 1 aromatic heterocycles. The second-order valence-corrected chi connectivity index (χ2v) is 8.98. The highest BCUT2D eigenvalue weighted by Crippen LogP contribution is 2.31. The minimum absolute atomic E-state index is 0.310. The second-order valence-electron chi connectivity index (χ2n) is 8.98. The maximum absolute atomic E-state index is 12.7. The fraction of sp³-hybridized carbons (Fsp3) is 0.333.